The maximum Gasteiger partial charge on any atom is 0.111 e. The first kappa shape index (κ1) is 16.6. The Labute approximate surface area is 136 Å². The molecular formula is C16H23Cl2N3. The van der Waals surface area contributed by atoms with Crippen molar-refractivity contribution in [1.82, 2.24) is 14.5 Å². The predicted octanol–water partition coefficient (Wildman–Crippen LogP) is 4.20. The Morgan fingerprint density at radius 3 is 2.81 bits per heavy atom. The van der Waals surface area contributed by atoms with Crippen LogP contribution in [0.2, 0.25) is 5.02 Å². The molecule has 1 unspecified atom stereocenters. The second kappa shape index (κ2) is 7.48. The first-order valence-electron chi connectivity index (χ1n) is 7.47. The molecule has 1 atom stereocenters. The van der Waals surface area contributed by atoms with Crippen molar-refractivity contribution >= 4 is 34.2 Å². The van der Waals surface area contributed by atoms with Crippen LogP contribution in [0.25, 0.3) is 11.0 Å². The van der Waals surface area contributed by atoms with Gasteiger partial charge < -0.3 is 9.47 Å². The van der Waals surface area contributed by atoms with Gasteiger partial charge in [0.05, 0.1) is 11.0 Å². The van der Waals surface area contributed by atoms with E-state index in [0.717, 1.165) is 47.8 Å². The van der Waals surface area contributed by atoms with Crippen LogP contribution in [0.4, 0.5) is 0 Å². The second-order valence-electron chi connectivity index (χ2n) is 5.49. The fourth-order valence-corrected chi connectivity index (χ4v) is 2.80. The van der Waals surface area contributed by atoms with Gasteiger partial charge in [-0.05, 0) is 38.6 Å². The minimum Gasteiger partial charge on any atom is -0.327 e. The molecule has 1 aromatic carbocycles. The molecule has 0 saturated carbocycles. The fraction of sp³-hybridized carbons (Fsp3) is 0.562. The van der Waals surface area contributed by atoms with Gasteiger partial charge in [-0.3, -0.25) is 0 Å². The Morgan fingerprint density at radius 1 is 1.38 bits per heavy atom. The number of likely N-dealkylation sites (N-methyl/N-ethyl adjacent to an activating group) is 1. The van der Waals surface area contributed by atoms with Crippen molar-refractivity contribution in [2.75, 3.05) is 19.5 Å². The van der Waals surface area contributed by atoms with Gasteiger partial charge in [0.1, 0.15) is 5.82 Å². The Kier molecular flexibility index (Phi) is 5.91. The Balaban J connectivity index is 2.27. The SMILES string of the molecule is CCC(C)N(C)CCn1c(CCCl)nc2ccc(Cl)cc21. The third kappa shape index (κ3) is 3.91. The van der Waals surface area contributed by atoms with Crippen LogP contribution in [-0.4, -0.2) is 40.0 Å². The van der Waals surface area contributed by atoms with E-state index in [4.69, 9.17) is 23.2 Å². The molecule has 0 aliphatic heterocycles. The van der Waals surface area contributed by atoms with E-state index in [1.54, 1.807) is 0 Å². The van der Waals surface area contributed by atoms with Crippen molar-refractivity contribution in [3.05, 3.63) is 29.0 Å². The van der Waals surface area contributed by atoms with E-state index in [9.17, 15) is 0 Å². The molecule has 0 amide bonds. The third-order valence-corrected chi connectivity index (χ3v) is 4.55. The van der Waals surface area contributed by atoms with Crippen LogP contribution in [0.15, 0.2) is 18.2 Å². The molecule has 21 heavy (non-hydrogen) atoms. The number of fused-ring (bicyclic) bond motifs is 1. The van der Waals surface area contributed by atoms with E-state index in [1.165, 1.54) is 0 Å². The quantitative estimate of drug-likeness (QED) is 0.710. The first-order valence-corrected chi connectivity index (χ1v) is 8.39. The molecule has 0 aliphatic carbocycles. The van der Waals surface area contributed by atoms with Gasteiger partial charge >= 0.3 is 0 Å². The number of alkyl halides is 1. The first-order chi connectivity index (χ1) is 10.1. The number of halogens is 2. The van der Waals surface area contributed by atoms with Crippen LogP contribution < -0.4 is 0 Å². The molecular weight excluding hydrogens is 305 g/mol. The summed E-state index contributed by atoms with van der Waals surface area (Å²) in [6, 6.07) is 6.44. The van der Waals surface area contributed by atoms with Crippen LogP contribution in [0.1, 0.15) is 26.1 Å². The largest absolute Gasteiger partial charge is 0.327 e. The molecule has 0 saturated heterocycles. The van der Waals surface area contributed by atoms with Crippen LogP contribution in [-0.2, 0) is 13.0 Å². The predicted molar refractivity (Wildman–Crippen MR) is 91.6 cm³/mol. The lowest BCUT2D eigenvalue weighted by Gasteiger charge is -2.24. The van der Waals surface area contributed by atoms with Crippen molar-refractivity contribution in [3.8, 4) is 0 Å². The minimum atomic E-state index is 0.582. The maximum atomic E-state index is 6.13. The van der Waals surface area contributed by atoms with E-state index in [1.807, 2.05) is 18.2 Å². The van der Waals surface area contributed by atoms with Gasteiger partial charge in [0.25, 0.3) is 0 Å². The molecule has 3 nitrogen and oxygen atoms in total. The third-order valence-electron chi connectivity index (χ3n) is 4.13. The zero-order valence-corrected chi connectivity index (χ0v) is 14.5. The van der Waals surface area contributed by atoms with Gasteiger partial charge in [-0.2, -0.15) is 0 Å². The number of hydrogen-bond acceptors (Lipinski definition) is 2. The average Bonchev–Trinajstić information content (AvgIpc) is 2.81. The molecule has 5 heteroatoms. The summed E-state index contributed by atoms with van der Waals surface area (Å²) in [6.07, 6.45) is 1.93. The van der Waals surface area contributed by atoms with Crippen LogP contribution >= 0.6 is 23.2 Å². The van der Waals surface area contributed by atoms with Gasteiger partial charge in [0, 0.05) is 36.5 Å². The molecule has 2 aromatic rings. The molecule has 0 N–H and O–H groups in total. The van der Waals surface area contributed by atoms with Crippen molar-refractivity contribution in [1.29, 1.82) is 0 Å². The summed E-state index contributed by atoms with van der Waals surface area (Å²) in [7, 11) is 2.17. The summed E-state index contributed by atoms with van der Waals surface area (Å²) in [5.74, 6) is 1.62. The molecule has 0 spiro atoms. The van der Waals surface area contributed by atoms with E-state index in [-0.39, 0.29) is 0 Å². The molecule has 1 heterocycles. The summed E-state index contributed by atoms with van der Waals surface area (Å²) in [5.41, 5.74) is 2.09. The number of aryl methyl sites for hydroxylation is 1. The van der Waals surface area contributed by atoms with Gasteiger partial charge in [-0.25, -0.2) is 4.98 Å². The second-order valence-corrected chi connectivity index (χ2v) is 6.30. The van der Waals surface area contributed by atoms with E-state index in [2.05, 4.69) is 35.3 Å². The van der Waals surface area contributed by atoms with Crippen LogP contribution in [0, 0.1) is 0 Å². The standard InChI is InChI=1S/C16H23Cl2N3/c1-4-12(2)20(3)9-10-21-15-11-13(18)5-6-14(15)19-16(21)7-8-17/h5-6,11-12H,4,7-10H2,1-3H3. The maximum absolute atomic E-state index is 6.13. The topological polar surface area (TPSA) is 21.1 Å². The van der Waals surface area contributed by atoms with Crippen molar-refractivity contribution in [2.24, 2.45) is 0 Å². The lowest BCUT2D eigenvalue weighted by atomic mass is 10.2. The Bertz CT molecular complexity index is 594. The molecule has 1 aromatic heterocycles. The Hall–Kier alpha value is -0.770. The Morgan fingerprint density at radius 2 is 2.14 bits per heavy atom. The summed E-state index contributed by atoms with van der Waals surface area (Å²) in [6.45, 7) is 6.36. The highest BCUT2D eigenvalue weighted by atomic mass is 35.5. The highest BCUT2D eigenvalue weighted by molar-refractivity contribution is 6.31. The number of nitrogens with zero attached hydrogens (tertiary/aromatic N) is 3. The minimum absolute atomic E-state index is 0.582. The van der Waals surface area contributed by atoms with Crippen molar-refractivity contribution in [2.45, 2.75) is 39.3 Å². The summed E-state index contributed by atoms with van der Waals surface area (Å²) < 4.78 is 2.25. The van der Waals surface area contributed by atoms with Gasteiger partial charge in [0.15, 0.2) is 0 Å². The number of rotatable bonds is 7. The van der Waals surface area contributed by atoms with Gasteiger partial charge in [-0.1, -0.05) is 18.5 Å². The molecule has 0 aliphatic rings. The smallest absolute Gasteiger partial charge is 0.111 e. The summed E-state index contributed by atoms with van der Waals surface area (Å²) in [4.78, 5) is 7.06. The van der Waals surface area contributed by atoms with Crippen molar-refractivity contribution in [3.63, 3.8) is 0 Å². The summed E-state index contributed by atoms with van der Waals surface area (Å²) in [5, 5.41) is 0.747. The highest BCUT2D eigenvalue weighted by Gasteiger charge is 2.13. The molecule has 0 bridgehead atoms. The van der Waals surface area contributed by atoms with Crippen LogP contribution in [0.3, 0.4) is 0 Å². The summed E-state index contributed by atoms with van der Waals surface area (Å²) >= 11 is 12.0. The van der Waals surface area contributed by atoms with E-state index in [0.29, 0.717) is 11.9 Å². The molecule has 0 radical (unpaired) electrons. The number of benzene rings is 1. The zero-order valence-electron chi connectivity index (χ0n) is 12.9. The lowest BCUT2D eigenvalue weighted by Crippen LogP contribution is -2.31. The van der Waals surface area contributed by atoms with Crippen LogP contribution in [0.5, 0.6) is 0 Å². The number of aromatic nitrogens is 2. The number of hydrogen-bond donors (Lipinski definition) is 0. The fourth-order valence-electron chi connectivity index (χ4n) is 2.46. The number of imidazole rings is 1. The van der Waals surface area contributed by atoms with Gasteiger partial charge in [-0.15, -0.1) is 11.6 Å². The zero-order chi connectivity index (χ0) is 15.4. The average molecular weight is 328 g/mol. The highest BCUT2D eigenvalue weighted by Crippen LogP contribution is 2.21. The monoisotopic (exact) mass is 327 g/mol. The normalized spacial score (nSPS) is 13.2. The molecule has 0 fully saturated rings. The van der Waals surface area contributed by atoms with Gasteiger partial charge in [0.2, 0.25) is 0 Å². The van der Waals surface area contributed by atoms with E-state index >= 15 is 0 Å². The van der Waals surface area contributed by atoms with Crippen molar-refractivity contribution < 1.29 is 0 Å². The van der Waals surface area contributed by atoms with E-state index < -0.39 is 0 Å². The molecule has 116 valence electrons. The molecule has 2 rings (SSSR count). The lowest BCUT2D eigenvalue weighted by molar-refractivity contribution is 0.242.